The van der Waals surface area contributed by atoms with Crippen molar-refractivity contribution in [2.45, 2.75) is 38.5 Å². The molecule has 0 spiro atoms. The molecule has 0 aromatic heterocycles. The Morgan fingerprint density at radius 3 is 3.00 bits per heavy atom. The lowest BCUT2D eigenvalue weighted by Gasteiger charge is -2.36. The van der Waals surface area contributed by atoms with E-state index in [9.17, 15) is 4.79 Å². The quantitative estimate of drug-likeness (QED) is 0.483. The van der Waals surface area contributed by atoms with Crippen molar-refractivity contribution in [3.63, 3.8) is 0 Å². The summed E-state index contributed by atoms with van der Waals surface area (Å²) in [6.07, 6.45) is 13.5. The average Bonchev–Trinajstić information content (AvgIpc) is 2.86. The van der Waals surface area contributed by atoms with Gasteiger partial charge in [0, 0.05) is 0 Å². The van der Waals surface area contributed by atoms with Crippen LogP contribution in [0.2, 0.25) is 0 Å². The number of fused-ring (bicyclic) bond motifs is 5. The van der Waals surface area contributed by atoms with Gasteiger partial charge in [-0.25, -0.2) is 0 Å². The van der Waals surface area contributed by atoms with Gasteiger partial charge < -0.3 is 0 Å². The van der Waals surface area contributed by atoms with E-state index in [1.165, 1.54) is 38.5 Å². The molecule has 76 valence electrons. The summed E-state index contributed by atoms with van der Waals surface area (Å²) in [5.74, 6) is 2.84. The van der Waals surface area contributed by atoms with Crippen LogP contribution in [0.4, 0.5) is 0 Å². The number of allylic oxidation sites excluding steroid dienone is 2. The largest absolute Gasteiger partial charge is 0.299 e. The number of carbonyl (C=O) groups is 1. The van der Waals surface area contributed by atoms with Crippen molar-refractivity contribution in [1.82, 2.24) is 0 Å². The van der Waals surface area contributed by atoms with Crippen LogP contribution in [0.15, 0.2) is 12.2 Å². The van der Waals surface area contributed by atoms with E-state index in [0.717, 1.165) is 24.0 Å². The van der Waals surface area contributed by atoms with Crippen molar-refractivity contribution in [3.05, 3.63) is 12.2 Å². The molecule has 14 heavy (non-hydrogen) atoms. The topological polar surface area (TPSA) is 17.1 Å². The van der Waals surface area contributed by atoms with Crippen LogP contribution >= 0.6 is 0 Å². The van der Waals surface area contributed by atoms with Gasteiger partial charge in [-0.05, 0) is 61.3 Å². The fraction of sp³-hybridized carbons (Fsp3) is 0.769. The molecule has 4 atom stereocenters. The van der Waals surface area contributed by atoms with Gasteiger partial charge in [0.25, 0.3) is 0 Å². The van der Waals surface area contributed by atoms with Gasteiger partial charge in [-0.15, -0.1) is 0 Å². The SMILES string of the molecule is O=C/C=C/[C@@]12CCC[C@@H]1[C@@H]1CC[C@H]2C1. The van der Waals surface area contributed by atoms with E-state index in [4.69, 9.17) is 0 Å². The van der Waals surface area contributed by atoms with Crippen LogP contribution < -0.4 is 0 Å². The number of carbonyl (C=O) groups excluding carboxylic acids is 1. The monoisotopic (exact) mass is 190 g/mol. The molecule has 3 aliphatic carbocycles. The Bertz CT molecular complexity index is 281. The Hall–Kier alpha value is -0.590. The first-order valence-corrected chi connectivity index (χ1v) is 6.00. The molecule has 3 saturated carbocycles. The van der Waals surface area contributed by atoms with Crippen molar-refractivity contribution >= 4 is 6.29 Å². The minimum atomic E-state index is 0.462. The maximum atomic E-state index is 10.5. The van der Waals surface area contributed by atoms with Gasteiger partial charge in [-0.2, -0.15) is 0 Å². The highest BCUT2D eigenvalue weighted by Gasteiger charge is 2.58. The predicted octanol–water partition coefficient (Wildman–Crippen LogP) is 2.96. The van der Waals surface area contributed by atoms with Gasteiger partial charge in [0.15, 0.2) is 0 Å². The molecule has 1 heteroatoms. The third kappa shape index (κ3) is 0.933. The van der Waals surface area contributed by atoms with Crippen molar-refractivity contribution in [2.24, 2.45) is 23.2 Å². The lowest BCUT2D eigenvalue weighted by Crippen LogP contribution is -2.29. The standard InChI is InChI=1S/C13H18O/c14-8-2-7-13-6-1-3-12(13)10-4-5-11(13)9-10/h2,7-8,10-12H,1,3-6,9H2/b7-2+/t10-,11+,12-,13-/m1/s1. The summed E-state index contributed by atoms with van der Waals surface area (Å²) in [6.45, 7) is 0. The molecule has 0 saturated heterocycles. The first kappa shape index (κ1) is 8.70. The summed E-state index contributed by atoms with van der Waals surface area (Å²) < 4.78 is 0. The van der Waals surface area contributed by atoms with Crippen LogP contribution in [0, 0.1) is 23.2 Å². The van der Waals surface area contributed by atoms with Crippen LogP contribution in [-0.4, -0.2) is 6.29 Å². The van der Waals surface area contributed by atoms with Crippen molar-refractivity contribution in [3.8, 4) is 0 Å². The molecule has 0 aromatic rings. The molecule has 0 radical (unpaired) electrons. The zero-order chi connectivity index (χ0) is 9.60. The van der Waals surface area contributed by atoms with Gasteiger partial charge in [0.2, 0.25) is 0 Å². The van der Waals surface area contributed by atoms with Gasteiger partial charge in [-0.3, -0.25) is 4.79 Å². The molecule has 3 aliphatic rings. The van der Waals surface area contributed by atoms with Crippen molar-refractivity contribution in [1.29, 1.82) is 0 Å². The highest BCUT2D eigenvalue weighted by Crippen LogP contribution is 2.66. The smallest absolute Gasteiger partial charge is 0.142 e. The summed E-state index contributed by atoms with van der Waals surface area (Å²) in [4.78, 5) is 10.5. The summed E-state index contributed by atoms with van der Waals surface area (Å²) in [6, 6.07) is 0. The first-order chi connectivity index (χ1) is 6.87. The van der Waals surface area contributed by atoms with Crippen molar-refractivity contribution in [2.75, 3.05) is 0 Å². The minimum Gasteiger partial charge on any atom is -0.299 e. The highest BCUT2D eigenvalue weighted by molar-refractivity contribution is 5.65. The molecular formula is C13H18O. The highest BCUT2D eigenvalue weighted by atomic mass is 16.1. The summed E-state index contributed by atoms with van der Waals surface area (Å²) >= 11 is 0. The Kier molecular flexibility index (Phi) is 1.83. The molecule has 3 rings (SSSR count). The molecule has 3 fully saturated rings. The van der Waals surface area contributed by atoms with E-state index in [-0.39, 0.29) is 0 Å². The fourth-order valence-electron chi connectivity index (χ4n) is 4.70. The minimum absolute atomic E-state index is 0.462. The first-order valence-electron chi connectivity index (χ1n) is 6.00. The van der Waals surface area contributed by atoms with Crippen LogP contribution in [0.5, 0.6) is 0 Å². The Morgan fingerprint density at radius 1 is 1.21 bits per heavy atom. The second kappa shape index (κ2) is 2.95. The average molecular weight is 190 g/mol. The van der Waals surface area contributed by atoms with Crippen molar-refractivity contribution < 1.29 is 4.79 Å². The number of rotatable bonds is 2. The third-order valence-corrected chi connectivity index (χ3v) is 5.10. The van der Waals surface area contributed by atoms with Crippen LogP contribution in [0.3, 0.4) is 0 Å². The Labute approximate surface area is 85.6 Å². The Balaban J connectivity index is 1.95. The summed E-state index contributed by atoms with van der Waals surface area (Å²) in [5, 5.41) is 0. The molecule has 0 heterocycles. The molecule has 0 unspecified atom stereocenters. The zero-order valence-electron chi connectivity index (χ0n) is 8.61. The van der Waals surface area contributed by atoms with E-state index < -0.39 is 0 Å². The second-order valence-electron chi connectivity index (χ2n) is 5.38. The molecule has 2 bridgehead atoms. The van der Waals surface area contributed by atoms with E-state index in [2.05, 4.69) is 6.08 Å². The molecule has 1 nitrogen and oxygen atoms in total. The predicted molar refractivity (Wildman–Crippen MR) is 55.8 cm³/mol. The Morgan fingerprint density at radius 2 is 2.14 bits per heavy atom. The maximum absolute atomic E-state index is 10.5. The lowest BCUT2D eigenvalue weighted by atomic mass is 9.68. The molecule has 0 aromatic carbocycles. The van der Waals surface area contributed by atoms with E-state index >= 15 is 0 Å². The normalized spacial score (nSPS) is 50.1. The number of hydrogen-bond acceptors (Lipinski definition) is 1. The summed E-state index contributed by atoms with van der Waals surface area (Å²) in [7, 11) is 0. The van der Waals surface area contributed by atoms with Crippen LogP contribution in [0.1, 0.15) is 38.5 Å². The molecule has 0 aliphatic heterocycles. The van der Waals surface area contributed by atoms with Crippen LogP contribution in [0.25, 0.3) is 0 Å². The number of aldehydes is 1. The third-order valence-electron chi connectivity index (χ3n) is 5.10. The van der Waals surface area contributed by atoms with Gasteiger partial charge in [-0.1, -0.05) is 12.5 Å². The maximum Gasteiger partial charge on any atom is 0.142 e. The molecule has 0 amide bonds. The molecular weight excluding hydrogens is 172 g/mol. The summed E-state index contributed by atoms with van der Waals surface area (Å²) in [5.41, 5.74) is 0.462. The lowest BCUT2D eigenvalue weighted by molar-refractivity contribution is -0.104. The second-order valence-corrected chi connectivity index (χ2v) is 5.38. The van der Waals surface area contributed by atoms with Gasteiger partial charge in [0.1, 0.15) is 6.29 Å². The van der Waals surface area contributed by atoms with E-state index in [1.54, 1.807) is 6.08 Å². The van der Waals surface area contributed by atoms with E-state index in [0.29, 0.717) is 5.41 Å². The fourth-order valence-corrected chi connectivity index (χ4v) is 4.70. The van der Waals surface area contributed by atoms with Gasteiger partial charge >= 0.3 is 0 Å². The van der Waals surface area contributed by atoms with E-state index in [1.807, 2.05) is 0 Å². The van der Waals surface area contributed by atoms with Crippen LogP contribution in [-0.2, 0) is 4.79 Å². The van der Waals surface area contributed by atoms with Gasteiger partial charge in [0.05, 0.1) is 0 Å². The number of hydrogen-bond donors (Lipinski definition) is 0. The molecule has 0 N–H and O–H groups in total. The zero-order valence-corrected chi connectivity index (χ0v) is 8.61.